The van der Waals surface area contributed by atoms with Crippen LogP contribution in [-0.4, -0.2) is 27.3 Å². The fraction of sp³-hybridized carbons (Fsp3) is 0.609. The van der Waals surface area contributed by atoms with Crippen molar-refractivity contribution in [1.29, 1.82) is 0 Å². The molecule has 0 aromatic heterocycles. The Morgan fingerprint density at radius 2 is 1.78 bits per heavy atom. The van der Waals surface area contributed by atoms with Crippen molar-refractivity contribution in [3.05, 3.63) is 28.8 Å². The van der Waals surface area contributed by atoms with Crippen LogP contribution in [0.4, 0.5) is 0 Å². The number of benzene rings is 1. The average molecular weight is 373 g/mol. The number of esters is 1. The van der Waals surface area contributed by atoms with E-state index < -0.39 is 5.41 Å². The van der Waals surface area contributed by atoms with Crippen molar-refractivity contribution in [2.45, 2.75) is 58.3 Å². The Hall–Kier alpha value is -1.97. The molecule has 148 valence electrons. The number of hydrogen-bond donors (Lipinski definition) is 0. The first-order valence-electron chi connectivity index (χ1n) is 9.80. The highest BCUT2D eigenvalue weighted by molar-refractivity contribution is 5.90. The number of fused-ring (bicyclic) bond motifs is 3. The first-order valence-corrected chi connectivity index (χ1v) is 9.80. The van der Waals surface area contributed by atoms with Crippen molar-refractivity contribution >= 4 is 12.0 Å². The van der Waals surface area contributed by atoms with Gasteiger partial charge in [0.25, 0.3) is 0 Å². The summed E-state index contributed by atoms with van der Waals surface area (Å²) in [6, 6.07) is 2.15. The minimum Gasteiger partial charge on any atom is -0.493 e. The molecule has 3 rings (SSSR count). The first-order chi connectivity index (χ1) is 12.7. The number of methoxy groups -OCH3 is 3. The van der Waals surface area contributed by atoms with Crippen LogP contribution in [-0.2, 0) is 14.9 Å². The number of carbonyl (C=O) groups is 1. The van der Waals surface area contributed by atoms with Gasteiger partial charge in [-0.05, 0) is 35.8 Å². The fourth-order valence-electron chi connectivity index (χ4n) is 5.33. The molecule has 2 aliphatic carbocycles. The van der Waals surface area contributed by atoms with Gasteiger partial charge in [0.2, 0.25) is 0 Å². The fourth-order valence-corrected chi connectivity index (χ4v) is 5.33. The van der Waals surface area contributed by atoms with Gasteiger partial charge in [-0.3, -0.25) is 4.79 Å². The highest BCUT2D eigenvalue weighted by Crippen LogP contribution is 2.60. The third kappa shape index (κ3) is 2.76. The highest BCUT2D eigenvalue weighted by Gasteiger charge is 2.58. The van der Waals surface area contributed by atoms with Gasteiger partial charge in [-0.25, -0.2) is 0 Å². The van der Waals surface area contributed by atoms with Gasteiger partial charge in [0.15, 0.2) is 11.5 Å². The second kappa shape index (κ2) is 6.88. The average Bonchev–Trinajstić information content (AvgIpc) is 2.64. The van der Waals surface area contributed by atoms with Crippen molar-refractivity contribution in [1.82, 2.24) is 0 Å². The van der Waals surface area contributed by atoms with E-state index in [9.17, 15) is 4.79 Å². The summed E-state index contributed by atoms with van der Waals surface area (Å²) in [5, 5.41) is 0. The number of rotatable bonds is 4. The van der Waals surface area contributed by atoms with E-state index in [0.717, 1.165) is 41.7 Å². The van der Waals surface area contributed by atoms with Gasteiger partial charge >= 0.3 is 5.97 Å². The molecule has 2 atom stereocenters. The molecular weight excluding hydrogens is 340 g/mol. The molecule has 4 nitrogen and oxygen atoms in total. The van der Waals surface area contributed by atoms with Crippen molar-refractivity contribution in [2.24, 2.45) is 11.3 Å². The normalized spacial score (nSPS) is 25.6. The topological polar surface area (TPSA) is 44.8 Å². The molecule has 2 aliphatic rings. The Balaban J connectivity index is 2.40. The highest BCUT2D eigenvalue weighted by atomic mass is 16.5. The zero-order chi connectivity index (χ0) is 20.0. The van der Waals surface area contributed by atoms with Crippen molar-refractivity contribution in [2.75, 3.05) is 21.3 Å². The van der Waals surface area contributed by atoms with E-state index in [2.05, 4.69) is 45.9 Å². The maximum absolute atomic E-state index is 13.3. The van der Waals surface area contributed by atoms with Crippen LogP contribution in [0.2, 0.25) is 0 Å². The monoisotopic (exact) mass is 372 g/mol. The molecule has 1 aromatic carbocycles. The predicted octanol–water partition coefficient (Wildman–Crippen LogP) is 5.09. The van der Waals surface area contributed by atoms with Gasteiger partial charge in [0, 0.05) is 17.0 Å². The summed E-state index contributed by atoms with van der Waals surface area (Å²) < 4.78 is 17.1. The van der Waals surface area contributed by atoms with Crippen LogP contribution in [0.3, 0.4) is 0 Å². The SMILES string of the molecule is COC(=O)[C@]12CCCC(C)(C)C1C=Cc1cc(C(C)C)c(OC)c(OC)c12. The lowest BCUT2D eigenvalue weighted by Crippen LogP contribution is -2.53. The van der Waals surface area contributed by atoms with E-state index >= 15 is 0 Å². The van der Waals surface area contributed by atoms with Crippen LogP contribution in [0.25, 0.3) is 6.08 Å². The lowest BCUT2D eigenvalue weighted by molar-refractivity contribution is -0.154. The lowest BCUT2D eigenvalue weighted by atomic mass is 9.51. The Morgan fingerprint density at radius 3 is 2.33 bits per heavy atom. The first kappa shape index (κ1) is 19.8. The summed E-state index contributed by atoms with van der Waals surface area (Å²) in [4.78, 5) is 13.3. The van der Waals surface area contributed by atoms with Gasteiger partial charge in [-0.1, -0.05) is 46.3 Å². The Kier molecular flexibility index (Phi) is 5.04. The molecule has 1 fully saturated rings. The van der Waals surface area contributed by atoms with E-state index in [1.54, 1.807) is 14.2 Å². The molecule has 0 spiro atoms. The molecule has 1 aromatic rings. The van der Waals surface area contributed by atoms with E-state index in [1.807, 2.05) is 0 Å². The molecular formula is C23H32O4. The number of hydrogen-bond acceptors (Lipinski definition) is 4. The van der Waals surface area contributed by atoms with E-state index in [4.69, 9.17) is 14.2 Å². The molecule has 0 heterocycles. The largest absolute Gasteiger partial charge is 0.493 e. The summed E-state index contributed by atoms with van der Waals surface area (Å²) in [6.07, 6.45) is 7.19. The van der Waals surface area contributed by atoms with Crippen molar-refractivity contribution in [3.8, 4) is 11.5 Å². The molecule has 0 amide bonds. The Morgan fingerprint density at radius 1 is 1.11 bits per heavy atom. The zero-order valence-corrected chi connectivity index (χ0v) is 17.6. The molecule has 27 heavy (non-hydrogen) atoms. The second-order valence-electron chi connectivity index (χ2n) is 8.79. The molecule has 0 N–H and O–H groups in total. The summed E-state index contributed by atoms with van der Waals surface area (Å²) in [7, 11) is 4.82. The molecule has 1 unspecified atom stereocenters. The van der Waals surface area contributed by atoms with Crippen LogP contribution in [0, 0.1) is 11.3 Å². The minimum absolute atomic E-state index is 0.00437. The van der Waals surface area contributed by atoms with Gasteiger partial charge in [0.05, 0.1) is 21.3 Å². The third-order valence-corrected chi connectivity index (χ3v) is 6.55. The van der Waals surface area contributed by atoms with E-state index in [0.29, 0.717) is 5.75 Å². The zero-order valence-electron chi connectivity index (χ0n) is 17.6. The maximum Gasteiger partial charge on any atom is 0.317 e. The van der Waals surface area contributed by atoms with Crippen LogP contribution >= 0.6 is 0 Å². The van der Waals surface area contributed by atoms with E-state index in [1.165, 1.54) is 7.11 Å². The maximum atomic E-state index is 13.3. The molecule has 0 bridgehead atoms. The minimum atomic E-state index is -0.741. The molecule has 4 heteroatoms. The molecule has 1 saturated carbocycles. The third-order valence-electron chi connectivity index (χ3n) is 6.55. The molecule has 0 aliphatic heterocycles. The quantitative estimate of drug-likeness (QED) is 0.691. The second-order valence-corrected chi connectivity index (χ2v) is 8.79. The predicted molar refractivity (Wildman–Crippen MR) is 107 cm³/mol. The Labute approximate surface area is 162 Å². The van der Waals surface area contributed by atoms with Crippen molar-refractivity contribution < 1.29 is 19.0 Å². The summed E-state index contributed by atoms with van der Waals surface area (Å²) in [5.41, 5.74) is 2.31. The van der Waals surface area contributed by atoms with E-state index in [-0.39, 0.29) is 23.2 Å². The van der Waals surface area contributed by atoms with Gasteiger partial charge in [-0.2, -0.15) is 0 Å². The summed E-state index contributed by atoms with van der Waals surface area (Å²) in [5.74, 6) is 1.57. The molecule has 0 saturated heterocycles. The molecule has 0 radical (unpaired) electrons. The van der Waals surface area contributed by atoms with Crippen LogP contribution < -0.4 is 9.47 Å². The van der Waals surface area contributed by atoms with Crippen LogP contribution in [0.15, 0.2) is 12.1 Å². The number of allylic oxidation sites excluding steroid dienone is 1. The summed E-state index contributed by atoms with van der Waals surface area (Å²) >= 11 is 0. The number of ether oxygens (including phenoxy) is 3. The van der Waals surface area contributed by atoms with Gasteiger partial charge in [0.1, 0.15) is 5.41 Å². The summed E-state index contributed by atoms with van der Waals surface area (Å²) in [6.45, 7) is 8.77. The van der Waals surface area contributed by atoms with Crippen LogP contribution in [0.1, 0.15) is 69.6 Å². The number of carbonyl (C=O) groups excluding carboxylic acids is 1. The standard InChI is InChI=1S/C23H32O4/c1-14(2)16-13-15-9-10-17-22(3,4)11-8-12-23(17,21(24)27-7)18(15)20(26-6)19(16)25-5/h9-10,13-14,17H,8,11-12H2,1-7H3/t17?,23-/m1/s1. The Bertz CT molecular complexity index is 775. The smallest absolute Gasteiger partial charge is 0.317 e. The van der Waals surface area contributed by atoms with Crippen LogP contribution in [0.5, 0.6) is 11.5 Å². The lowest BCUT2D eigenvalue weighted by Gasteiger charge is -2.52. The van der Waals surface area contributed by atoms with Gasteiger partial charge < -0.3 is 14.2 Å². The van der Waals surface area contributed by atoms with Crippen molar-refractivity contribution in [3.63, 3.8) is 0 Å². The van der Waals surface area contributed by atoms with Gasteiger partial charge in [-0.15, -0.1) is 0 Å².